The molecule has 1 aromatic carbocycles. The fourth-order valence-electron chi connectivity index (χ4n) is 2.25. The minimum atomic E-state index is 0. The van der Waals surface area contributed by atoms with E-state index in [1.807, 2.05) is 4.90 Å². The summed E-state index contributed by atoms with van der Waals surface area (Å²) in [6.45, 7) is 1.36. The summed E-state index contributed by atoms with van der Waals surface area (Å²) in [5, 5.41) is 0. The van der Waals surface area contributed by atoms with Gasteiger partial charge in [-0.2, -0.15) is 0 Å². The zero-order valence-electron chi connectivity index (χ0n) is 10.5. The number of hydrogen-bond donors (Lipinski definition) is 1. The molecule has 1 fully saturated rings. The van der Waals surface area contributed by atoms with Gasteiger partial charge in [-0.1, -0.05) is 0 Å². The normalized spacial score (nSPS) is 18.3. The Morgan fingerprint density at radius 3 is 2.67 bits per heavy atom. The van der Waals surface area contributed by atoms with Crippen molar-refractivity contribution in [2.75, 3.05) is 20.2 Å². The standard InChI is InChI=1S/C13H18N2O2.ClH/c1-17-12-6-4-10(5-7-12)13(16)15-8-2-3-11(15)9-14;/h4-7,11H,2-3,8-9,14H2,1H3;1H. The van der Waals surface area contributed by atoms with E-state index >= 15 is 0 Å². The van der Waals surface area contributed by atoms with Crippen molar-refractivity contribution in [1.82, 2.24) is 4.90 Å². The second-order valence-corrected chi connectivity index (χ2v) is 4.26. The molecular formula is C13H19ClN2O2. The Kier molecular flexibility index (Phi) is 5.44. The summed E-state index contributed by atoms with van der Waals surface area (Å²) < 4.78 is 5.07. The van der Waals surface area contributed by atoms with Crippen LogP contribution in [0.2, 0.25) is 0 Å². The monoisotopic (exact) mass is 270 g/mol. The zero-order valence-corrected chi connectivity index (χ0v) is 11.3. The van der Waals surface area contributed by atoms with E-state index < -0.39 is 0 Å². The van der Waals surface area contributed by atoms with Crippen LogP contribution >= 0.6 is 12.4 Å². The molecule has 18 heavy (non-hydrogen) atoms. The number of rotatable bonds is 3. The van der Waals surface area contributed by atoms with Crippen LogP contribution in [0.1, 0.15) is 23.2 Å². The third-order valence-electron chi connectivity index (χ3n) is 3.25. The highest BCUT2D eigenvalue weighted by Crippen LogP contribution is 2.20. The molecule has 1 amide bonds. The lowest BCUT2D eigenvalue weighted by atomic mass is 10.1. The second-order valence-electron chi connectivity index (χ2n) is 4.26. The summed E-state index contributed by atoms with van der Waals surface area (Å²) >= 11 is 0. The van der Waals surface area contributed by atoms with E-state index in [1.165, 1.54) is 0 Å². The lowest BCUT2D eigenvalue weighted by Crippen LogP contribution is -2.39. The summed E-state index contributed by atoms with van der Waals surface area (Å²) in [6, 6.07) is 7.41. The summed E-state index contributed by atoms with van der Waals surface area (Å²) in [5.74, 6) is 0.832. The molecule has 5 heteroatoms. The number of methoxy groups -OCH3 is 1. The molecule has 0 saturated carbocycles. The zero-order chi connectivity index (χ0) is 12.3. The van der Waals surface area contributed by atoms with Crippen molar-refractivity contribution < 1.29 is 9.53 Å². The Bertz CT molecular complexity index is 394. The molecule has 4 nitrogen and oxygen atoms in total. The van der Waals surface area contributed by atoms with Gasteiger partial charge in [0.2, 0.25) is 0 Å². The molecule has 2 rings (SSSR count). The largest absolute Gasteiger partial charge is 0.497 e. The molecule has 1 aliphatic rings. The number of halogens is 1. The van der Waals surface area contributed by atoms with Crippen LogP contribution in [0.15, 0.2) is 24.3 Å². The van der Waals surface area contributed by atoms with Crippen molar-refractivity contribution in [1.29, 1.82) is 0 Å². The summed E-state index contributed by atoms with van der Waals surface area (Å²) in [5.41, 5.74) is 6.37. The number of hydrogen-bond acceptors (Lipinski definition) is 3. The van der Waals surface area contributed by atoms with Gasteiger partial charge in [-0.15, -0.1) is 12.4 Å². The van der Waals surface area contributed by atoms with Crippen LogP contribution < -0.4 is 10.5 Å². The van der Waals surface area contributed by atoms with E-state index in [4.69, 9.17) is 10.5 Å². The Morgan fingerprint density at radius 1 is 1.44 bits per heavy atom. The molecule has 1 heterocycles. The van der Waals surface area contributed by atoms with Gasteiger partial charge in [-0.25, -0.2) is 0 Å². The highest BCUT2D eigenvalue weighted by atomic mass is 35.5. The van der Waals surface area contributed by atoms with Gasteiger partial charge in [0.15, 0.2) is 0 Å². The fourth-order valence-corrected chi connectivity index (χ4v) is 2.25. The number of benzene rings is 1. The van der Waals surface area contributed by atoms with E-state index in [2.05, 4.69) is 0 Å². The Balaban J connectivity index is 0.00000162. The number of carbonyl (C=O) groups excluding carboxylic acids is 1. The van der Waals surface area contributed by atoms with E-state index in [9.17, 15) is 4.79 Å². The van der Waals surface area contributed by atoms with Gasteiger partial charge in [0.1, 0.15) is 5.75 Å². The van der Waals surface area contributed by atoms with Gasteiger partial charge < -0.3 is 15.4 Å². The molecule has 0 spiro atoms. The van der Waals surface area contributed by atoms with Crippen molar-refractivity contribution in [2.45, 2.75) is 18.9 Å². The Hall–Kier alpha value is -1.26. The molecule has 1 aliphatic heterocycles. The van der Waals surface area contributed by atoms with Gasteiger partial charge in [0.05, 0.1) is 7.11 Å². The van der Waals surface area contributed by atoms with E-state index in [-0.39, 0.29) is 24.4 Å². The molecule has 0 radical (unpaired) electrons. The van der Waals surface area contributed by atoms with Crippen molar-refractivity contribution in [3.05, 3.63) is 29.8 Å². The van der Waals surface area contributed by atoms with Crippen molar-refractivity contribution in [2.24, 2.45) is 5.73 Å². The first-order valence-corrected chi connectivity index (χ1v) is 5.91. The maximum atomic E-state index is 12.2. The van der Waals surface area contributed by atoms with Crippen LogP contribution in [0, 0.1) is 0 Å². The molecule has 2 N–H and O–H groups in total. The lowest BCUT2D eigenvalue weighted by molar-refractivity contribution is 0.0741. The summed E-state index contributed by atoms with van der Waals surface area (Å²) in [4.78, 5) is 14.1. The number of nitrogens with zero attached hydrogens (tertiary/aromatic N) is 1. The number of amides is 1. The maximum Gasteiger partial charge on any atom is 0.254 e. The molecule has 0 aliphatic carbocycles. The van der Waals surface area contributed by atoms with Crippen molar-refractivity contribution in [3.63, 3.8) is 0 Å². The van der Waals surface area contributed by atoms with E-state index in [0.29, 0.717) is 12.1 Å². The first-order valence-electron chi connectivity index (χ1n) is 5.91. The molecular weight excluding hydrogens is 252 g/mol. The number of likely N-dealkylation sites (tertiary alicyclic amines) is 1. The third kappa shape index (κ3) is 2.94. The Labute approximate surface area is 114 Å². The highest BCUT2D eigenvalue weighted by molar-refractivity contribution is 5.94. The molecule has 0 aromatic heterocycles. The fraction of sp³-hybridized carbons (Fsp3) is 0.462. The minimum Gasteiger partial charge on any atom is -0.497 e. The van der Waals surface area contributed by atoms with Gasteiger partial charge >= 0.3 is 0 Å². The number of carbonyl (C=O) groups is 1. The smallest absolute Gasteiger partial charge is 0.254 e. The first kappa shape index (κ1) is 14.8. The van der Waals surface area contributed by atoms with Gasteiger partial charge in [0, 0.05) is 24.7 Å². The predicted molar refractivity (Wildman–Crippen MR) is 73.4 cm³/mol. The summed E-state index contributed by atoms with van der Waals surface area (Å²) in [6.07, 6.45) is 2.06. The van der Waals surface area contributed by atoms with Gasteiger partial charge in [-0.05, 0) is 37.1 Å². The van der Waals surface area contributed by atoms with Gasteiger partial charge in [-0.3, -0.25) is 4.79 Å². The van der Waals surface area contributed by atoms with Crippen LogP contribution in [0.4, 0.5) is 0 Å². The molecule has 0 bridgehead atoms. The number of nitrogens with two attached hydrogens (primary N) is 1. The lowest BCUT2D eigenvalue weighted by Gasteiger charge is -2.23. The van der Waals surface area contributed by atoms with E-state index in [1.54, 1.807) is 31.4 Å². The minimum absolute atomic E-state index is 0. The average molecular weight is 271 g/mol. The van der Waals surface area contributed by atoms with Crippen LogP contribution in [0.5, 0.6) is 5.75 Å². The van der Waals surface area contributed by atoms with Crippen molar-refractivity contribution >= 4 is 18.3 Å². The molecule has 1 aromatic rings. The SMILES string of the molecule is COc1ccc(C(=O)N2CCCC2CN)cc1.Cl. The van der Waals surface area contributed by atoms with Crippen molar-refractivity contribution in [3.8, 4) is 5.75 Å². The Morgan fingerprint density at radius 2 is 2.11 bits per heavy atom. The van der Waals surface area contributed by atoms with Crippen LogP contribution in [0.3, 0.4) is 0 Å². The highest BCUT2D eigenvalue weighted by Gasteiger charge is 2.28. The van der Waals surface area contributed by atoms with Crippen LogP contribution in [-0.4, -0.2) is 37.0 Å². The molecule has 1 unspecified atom stereocenters. The molecule has 1 atom stereocenters. The topological polar surface area (TPSA) is 55.6 Å². The van der Waals surface area contributed by atoms with Crippen LogP contribution in [0.25, 0.3) is 0 Å². The average Bonchev–Trinajstić information content (AvgIpc) is 2.86. The second kappa shape index (κ2) is 6.61. The maximum absolute atomic E-state index is 12.2. The summed E-state index contributed by atoms with van der Waals surface area (Å²) in [7, 11) is 1.61. The predicted octanol–water partition coefficient (Wildman–Crippen LogP) is 1.68. The molecule has 1 saturated heterocycles. The first-order chi connectivity index (χ1) is 8.26. The van der Waals surface area contributed by atoms with Crippen LogP contribution in [-0.2, 0) is 0 Å². The third-order valence-corrected chi connectivity index (χ3v) is 3.25. The van der Waals surface area contributed by atoms with Gasteiger partial charge in [0.25, 0.3) is 5.91 Å². The molecule has 100 valence electrons. The quantitative estimate of drug-likeness (QED) is 0.909. The number of ether oxygens (including phenoxy) is 1. The van der Waals surface area contributed by atoms with E-state index in [0.717, 1.165) is 25.1 Å².